The number of carbonyl (C=O) groups is 1. The van der Waals surface area contributed by atoms with Gasteiger partial charge in [0.05, 0.1) is 17.6 Å². The standard InChI is InChI=1S/C9H8BrNO6/c1-17-5-3-2-4(11(15)16)7(10)6(5)8(12)9(13)14/h2-3,8,12H,1H3,(H,13,14). The van der Waals surface area contributed by atoms with E-state index in [1.54, 1.807) is 0 Å². The Morgan fingerprint density at radius 2 is 2.18 bits per heavy atom. The normalized spacial score (nSPS) is 11.9. The van der Waals surface area contributed by atoms with E-state index in [-0.39, 0.29) is 21.5 Å². The molecular formula is C9H8BrNO6. The second-order valence-electron chi connectivity index (χ2n) is 3.01. The number of benzene rings is 1. The van der Waals surface area contributed by atoms with Gasteiger partial charge in [0, 0.05) is 6.07 Å². The molecule has 0 radical (unpaired) electrons. The molecule has 2 N–H and O–H groups in total. The van der Waals surface area contributed by atoms with E-state index in [0.717, 1.165) is 6.07 Å². The van der Waals surface area contributed by atoms with Gasteiger partial charge in [-0.3, -0.25) is 10.1 Å². The second-order valence-corrected chi connectivity index (χ2v) is 3.81. The number of aliphatic hydroxyl groups excluding tert-OH is 1. The number of halogens is 1. The van der Waals surface area contributed by atoms with Crippen LogP contribution in [0, 0.1) is 10.1 Å². The monoisotopic (exact) mass is 305 g/mol. The molecule has 0 spiro atoms. The van der Waals surface area contributed by atoms with Gasteiger partial charge < -0.3 is 14.9 Å². The number of hydrogen-bond donors (Lipinski definition) is 2. The van der Waals surface area contributed by atoms with Crippen molar-refractivity contribution in [2.75, 3.05) is 7.11 Å². The van der Waals surface area contributed by atoms with Crippen molar-refractivity contribution in [1.82, 2.24) is 0 Å². The third-order valence-corrected chi connectivity index (χ3v) is 2.88. The molecule has 17 heavy (non-hydrogen) atoms. The molecule has 0 aliphatic rings. The van der Waals surface area contributed by atoms with Gasteiger partial charge in [0.15, 0.2) is 6.10 Å². The number of nitro groups is 1. The molecule has 0 aromatic heterocycles. The minimum Gasteiger partial charge on any atom is -0.496 e. The summed E-state index contributed by atoms with van der Waals surface area (Å²) in [5, 5.41) is 28.8. The predicted octanol–water partition coefficient (Wildman–Crippen LogP) is 1.48. The third-order valence-electron chi connectivity index (χ3n) is 2.04. The van der Waals surface area contributed by atoms with Crippen LogP contribution in [-0.2, 0) is 4.79 Å². The Morgan fingerprint density at radius 3 is 2.59 bits per heavy atom. The molecular weight excluding hydrogens is 298 g/mol. The number of methoxy groups -OCH3 is 1. The Hall–Kier alpha value is -1.67. The summed E-state index contributed by atoms with van der Waals surface area (Å²) in [5.41, 5.74) is -0.532. The van der Waals surface area contributed by atoms with Crippen molar-refractivity contribution in [2.45, 2.75) is 6.10 Å². The Kier molecular flexibility index (Phi) is 4.02. The molecule has 1 unspecified atom stereocenters. The molecule has 8 heteroatoms. The molecule has 0 fully saturated rings. The fourth-order valence-electron chi connectivity index (χ4n) is 1.26. The topological polar surface area (TPSA) is 110 Å². The maximum atomic E-state index is 10.7. The van der Waals surface area contributed by atoms with Crippen LogP contribution in [0.3, 0.4) is 0 Å². The predicted molar refractivity (Wildman–Crippen MR) is 59.9 cm³/mol. The largest absolute Gasteiger partial charge is 0.496 e. The highest BCUT2D eigenvalue weighted by Crippen LogP contribution is 2.38. The van der Waals surface area contributed by atoms with Gasteiger partial charge in [-0.2, -0.15) is 0 Å². The van der Waals surface area contributed by atoms with Gasteiger partial charge in [-0.1, -0.05) is 0 Å². The van der Waals surface area contributed by atoms with Gasteiger partial charge in [-0.25, -0.2) is 4.79 Å². The van der Waals surface area contributed by atoms with E-state index in [0.29, 0.717) is 0 Å². The smallest absolute Gasteiger partial charge is 0.337 e. The SMILES string of the molecule is COc1ccc([N+](=O)[O-])c(Br)c1C(O)C(=O)O. The number of nitro benzene ring substituents is 1. The lowest BCUT2D eigenvalue weighted by atomic mass is 10.1. The minimum atomic E-state index is -1.90. The van der Waals surface area contributed by atoms with E-state index in [1.165, 1.54) is 13.2 Å². The number of carboxylic acid groups (broad SMARTS) is 1. The van der Waals surface area contributed by atoms with Crippen molar-refractivity contribution in [1.29, 1.82) is 0 Å². The molecule has 1 aromatic carbocycles. The lowest BCUT2D eigenvalue weighted by molar-refractivity contribution is -0.385. The fourth-order valence-corrected chi connectivity index (χ4v) is 1.95. The Labute approximate surface area is 104 Å². The first kappa shape index (κ1) is 13.4. The quantitative estimate of drug-likeness (QED) is 0.644. The van der Waals surface area contributed by atoms with Crippen molar-refractivity contribution in [3.8, 4) is 5.75 Å². The van der Waals surface area contributed by atoms with E-state index in [2.05, 4.69) is 15.9 Å². The van der Waals surface area contributed by atoms with Crippen LogP contribution in [0.2, 0.25) is 0 Å². The first-order chi connectivity index (χ1) is 7.90. The minimum absolute atomic E-state index is 0.0531. The summed E-state index contributed by atoms with van der Waals surface area (Å²) in [6.45, 7) is 0. The van der Waals surface area contributed by atoms with Crippen molar-refractivity contribution < 1.29 is 24.7 Å². The zero-order chi connectivity index (χ0) is 13.2. The van der Waals surface area contributed by atoms with E-state index in [1.807, 2.05) is 0 Å². The van der Waals surface area contributed by atoms with Crippen molar-refractivity contribution in [3.05, 3.63) is 32.3 Å². The van der Waals surface area contributed by atoms with Crippen molar-refractivity contribution in [2.24, 2.45) is 0 Å². The van der Waals surface area contributed by atoms with Gasteiger partial charge >= 0.3 is 5.97 Å². The number of hydrogen-bond acceptors (Lipinski definition) is 5. The molecule has 1 aromatic rings. The molecule has 1 rings (SSSR count). The first-order valence-corrected chi connectivity index (χ1v) is 5.11. The highest BCUT2D eigenvalue weighted by atomic mass is 79.9. The summed E-state index contributed by atoms with van der Waals surface area (Å²) in [6, 6.07) is 2.38. The van der Waals surface area contributed by atoms with E-state index in [9.17, 15) is 20.0 Å². The number of carboxylic acids is 1. The summed E-state index contributed by atoms with van der Waals surface area (Å²) in [6.07, 6.45) is -1.90. The highest BCUT2D eigenvalue weighted by Gasteiger charge is 2.28. The number of aliphatic carboxylic acids is 1. The number of ether oxygens (including phenoxy) is 1. The van der Waals surface area contributed by atoms with Gasteiger partial charge in [0.25, 0.3) is 5.69 Å². The van der Waals surface area contributed by atoms with Crippen LogP contribution >= 0.6 is 15.9 Å². The van der Waals surface area contributed by atoms with Crippen LogP contribution in [-0.4, -0.2) is 28.2 Å². The molecule has 0 heterocycles. The zero-order valence-electron chi connectivity index (χ0n) is 8.58. The van der Waals surface area contributed by atoms with Gasteiger partial charge in [0.1, 0.15) is 10.2 Å². The van der Waals surface area contributed by atoms with Crippen LogP contribution in [0.1, 0.15) is 11.7 Å². The molecule has 0 aliphatic heterocycles. The fraction of sp³-hybridized carbons (Fsp3) is 0.222. The Morgan fingerprint density at radius 1 is 1.59 bits per heavy atom. The van der Waals surface area contributed by atoms with E-state index >= 15 is 0 Å². The van der Waals surface area contributed by atoms with Crippen LogP contribution in [0.4, 0.5) is 5.69 Å². The first-order valence-electron chi connectivity index (χ1n) is 4.31. The number of aliphatic hydroxyl groups is 1. The van der Waals surface area contributed by atoms with Gasteiger partial charge in [-0.15, -0.1) is 0 Å². The number of nitrogens with zero attached hydrogens (tertiary/aromatic N) is 1. The molecule has 1 atom stereocenters. The Balaban J connectivity index is 3.47. The molecule has 0 saturated carbocycles. The lowest BCUT2D eigenvalue weighted by Crippen LogP contribution is -2.13. The van der Waals surface area contributed by atoms with Crippen molar-refractivity contribution >= 4 is 27.6 Å². The van der Waals surface area contributed by atoms with Crippen LogP contribution in [0.5, 0.6) is 5.75 Å². The molecule has 0 amide bonds. The van der Waals surface area contributed by atoms with Crippen LogP contribution < -0.4 is 4.74 Å². The van der Waals surface area contributed by atoms with Gasteiger partial charge in [0.2, 0.25) is 0 Å². The van der Waals surface area contributed by atoms with E-state index < -0.39 is 17.0 Å². The zero-order valence-corrected chi connectivity index (χ0v) is 10.2. The highest BCUT2D eigenvalue weighted by molar-refractivity contribution is 9.10. The molecule has 0 bridgehead atoms. The molecule has 0 saturated heterocycles. The summed E-state index contributed by atoms with van der Waals surface area (Å²) < 4.78 is 4.74. The van der Waals surface area contributed by atoms with Crippen LogP contribution in [0.15, 0.2) is 16.6 Å². The third kappa shape index (κ3) is 2.53. The maximum absolute atomic E-state index is 10.7. The summed E-state index contributed by atoms with van der Waals surface area (Å²) in [4.78, 5) is 20.7. The molecule has 92 valence electrons. The summed E-state index contributed by atoms with van der Waals surface area (Å²) in [5.74, 6) is -1.47. The van der Waals surface area contributed by atoms with Crippen LogP contribution in [0.25, 0.3) is 0 Å². The Bertz CT molecular complexity index is 475. The molecule has 7 nitrogen and oxygen atoms in total. The van der Waals surface area contributed by atoms with Gasteiger partial charge in [-0.05, 0) is 22.0 Å². The van der Waals surface area contributed by atoms with Crippen molar-refractivity contribution in [3.63, 3.8) is 0 Å². The number of rotatable bonds is 4. The average Bonchev–Trinajstić information content (AvgIpc) is 2.26. The average molecular weight is 306 g/mol. The maximum Gasteiger partial charge on any atom is 0.337 e. The lowest BCUT2D eigenvalue weighted by Gasteiger charge is -2.13. The van der Waals surface area contributed by atoms with E-state index in [4.69, 9.17) is 9.84 Å². The second kappa shape index (κ2) is 5.11. The summed E-state index contributed by atoms with van der Waals surface area (Å²) in [7, 11) is 1.27. The summed E-state index contributed by atoms with van der Waals surface area (Å²) >= 11 is 2.90. The molecule has 0 aliphatic carbocycles.